The van der Waals surface area contributed by atoms with Gasteiger partial charge in [0.2, 0.25) is 11.8 Å². The van der Waals surface area contributed by atoms with Crippen LogP contribution in [0.3, 0.4) is 0 Å². The van der Waals surface area contributed by atoms with Gasteiger partial charge in [-0.3, -0.25) is 14.5 Å². The van der Waals surface area contributed by atoms with Crippen LogP contribution in [0.15, 0.2) is 0 Å². The number of hydrogen-bond acceptors (Lipinski definition) is 5. The second kappa shape index (κ2) is 6.64. The fraction of sp³-hybridized carbons (Fsp3) is 0.778. The van der Waals surface area contributed by atoms with Gasteiger partial charge in [0.05, 0.1) is 6.54 Å². The van der Waals surface area contributed by atoms with Crippen LogP contribution in [0.5, 0.6) is 0 Å². The third-order valence-corrected chi connectivity index (χ3v) is 6.34. The smallest absolute Gasteiger partial charge is 0.238 e. The highest BCUT2D eigenvalue weighted by molar-refractivity contribution is 6.07. The lowest BCUT2D eigenvalue weighted by Gasteiger charge is -2.33. The lowest BCUT2D eigenvalue weighted by Crippen LogP contribution is -2.46. The van der Waals surface area contributed by atoms with Crippen LogP contribution in [-0.4, -0.2) is 62.6 Å². The van der Waals surface area contributed by atoms with E-state index in [1.807, 2.05) is 11.9 Å². The quantitative estimate of drug-likeness (QED) is 0.766. The van der Waals surface area contributed by atoms with E-state index in [1.165, 1.54) is 12.8 Å². The number of likely N-dealkylation sites (tertiary alicyclic amines) is 2. The van der Waals surface area contributed by atoms with Crippen molar-refractivity contribution in [1.29, 1.82) is 0 Å². The summed E-state index contributed by atoms with van der Waals surface area (Å²) in [5.74, 6) is 1.81. The summed E-state index contributed by atoms with van der Waals surface area (Å²) in [5.41, 5.74) is 4.53. The molecule has 2 saturated heterocycles. The molecular formula is C18H28N6O2. The molecule has 8 nitrogen and oxygen atoms in total. The van der Waals surface area contributed by atoms with Crippen LogP contribution in [0.2, 0.25) is 0 Å². The van der Waals surface area contributed by atoms with Gasteiger partial charge < -0.3 is 15.2 Å². The maximum Gasteiger partial charge on any atom is 0.238 e. The van der Waals surface area contributed by atoms with Crippen molar-refractivity contribution in [3.8, 4) is 0 Å². The molecule has 1 aromatic heterocycles. The summed E-state index contributed by atoms with van der Waals surface area (Å²) in [6.07, 6.45) is 5.45. The lowest BCUT2D eigenvalue weighted by molar-refractivity contribution is -0.143. The van der Waals surface area contributed by atoms with Gasteiger partial charge in [-0.1, -0.05) is 0 Å². The van der Waals surface area contributed by atoms with Gasteiger partial charge in [-0.2, -0.15) is 0 Å². The van der Waals surface area contributed by atoms with E-state index < -0.39 is 11.3 Å². The molecule has 142 valence electrons. The van der Waals surface area contributed by atoms with Gasteiger partial charge in [0.1, 0.15) is 17.1 Å². The van der Waals surface area contributed by atoms with Gasteiger partial charge in [-0.15, -0.1) is 10.2 Å². The summed E-state index contributed by atoms with van der Waals surface area (Å²) in [7, 11) is 2.05. The normalized spacial score (nSPS) is 23.3. The van der Waals surface area contributed by atoms with Crippen molar-refractivity contribution in [3.63, 3.8) is 0 Å². The van der Waals surface area contributed by atoms with E-state index in [4.69, 9.17) is 5.73 Å². The molecule has 4 rings (SSSR count). The first-order chi connectivity index (χ1) is 12.5. The van der Waals surface area contributed by atoms with Crippen molar-refractivity contribution < 1.29 is 9.59 Å². The van der Waals surface area contributed by atoms with Crippen molar-refractivity contribution in [1.82, 2.24) is 24.6 Å². The van der Waals surface area contributed by atoms with Crippen LogP contribution in [0.25, 0.3) is 0 Å². The molecule has 0 radical (unpaired) electrons. The first kappa shape index (κ1) is 17.5. The number of aromatic nitrogens is 3. The van der Waals surface area contributed by atoms with E-state index in [1.54, 1.807) is 0 Å². The molecule has 3 heterocycles. The molecule has 0 atom stereocenters. The molecule has 1 saturated carbocycles. The number of nitrogens with zero attached hydrogens (tertiary/aromatic N) is 5. The highest BCUT2D eigenvalue weighted by Crippen LogP contribution is 2.47. The van der Waals surface area contributed by atoms with Crippen LogP contribution in [0, 0.1) is 5.41 Å². The number of rotatable bonds is 5. The second-order valence-electron chi connectivity index (χ2n) is 8.03. The van der Waals surface area contributed by atoms with Crippen molar-refractivity contribution in [2.24, 2.45) is 18.2 Å². The number of carbonyl (C=O) groups is 2. The third kappa shape index (κ3) is 3.00. The number of carbonyl (C=O) groups excluding carboxylic acids is 2. The lowest BCUT2D eigenvalue weighted by atomic mass is 9.94. The second-order valence-corrected chi connectivity index (χ2v) is 8.03. The Morgan fingerprint density at radius 1 is 1.12 bits per heavy atom. The minimum absolute atomic E-state index is 0.0730. The fourth-order valence-electron chi connectivity index (χ4n) is 4.34. The average Bonchev–Trinajstić information content (AvgIpc) is 3.17. The highest BCUT2D eigenvalue weighted by atomic mass is 16.2. The Kier molecular flexibility index (Phi) is 4.46. The predicted molar refractivity (Wildman–Crippen MR) is 94.9 cm³/mol. The zero-order valence-corrected chi connectivity index (χ0v) is 15.5. The molecule has 0 unspecified atom stereocenters. The van der Waals surface area contributed by atoms with Gasteiger partial charge >= 0.3 is 0 Å². The summed E-state index contributed by atoms with van der Waals surface area (Å²) in [6.45, 7) is 4.47. The summed E-state index contributed by atoms with van der Waals surface area (Å²) in [6, 6.07) is 0. The average molecular weight is 360 g/mol. The minimum atomic E-state index is -0.902. The molecule has 0 aromatic carbocycles. The molecule has 0 spiro atoms. The summed E-state index contributed by atoms with van der Waals surface area (Å²) >= 11 is 0. The number of amides is 2. The molecule has 0 bridgehead atoms. The molecule has 1 aliphatic carbocycles. The standard InChI is InChI=1S/C18H28N6O2/c1-22-14(12-23-8-2-3-9-23)20-21-15(22)13-4-10-24(11-5-13)17(26)18(6-7-18)16(19)25/h13H,2-12H2,1H3,(H2,19,25). The summed E-state index contributed by atoms with van der Waals surface area (Å²) < 4.78 is 2.13. The Bertz CT molecular complexity index is 697. The fourth-order valence-corrected chi connectivity index (χ4v) is 4.34. The van der Waals surface area contributed by atoms with E-state index in [9.17, 15) is 9.59 Å². The van der Waals surface area contributed by atoms with Crippen molar-refractivity contribution in [2.75, 3.05) is 26.2 Å². The number of nitrogens with two attached hydrogens (primary N) is 1. The largest absolute Gasteiger partial charge is 0.369 e. The molecule has 2 N–H and O–H groups in total. The summed E-state index contributed by atoms with van der Waals surface area (Å²) in [5, 5.41) is 8.86. The first-order valence-corrected chi connectivity index (χ1v) is 9.71. The molecule has 8 heteroatoms. The van der Waals surface area contributed by atoms with E-state index >= 15 is 0 Å². The summed E-state index contributed by atoms with van der Waals surface area (Å²) in [4.78, 5) is 28.4. The monoisotopic (exact) mass is 360 g/mol. The van der Waals surface area contributed by atoms with E-state index in [0.29, 0.717) is 31.8 Å². The molecule has 3 aliphatic rings. The van der Waals surface area contributed by atoms with Gasteiger partial charge in [0, 0.05) is 26.1 Å². The molecule has 3 fully saturated rings. The zero-order chi connectivity index (χ0) is 18.3. The van der Waals surface area contributed by atoms with Gasteiger partial charge in [0.15, 0.2) is 0 Å². The Morgan fingerprint density at radius 2 is 1.77 bits per heavy atom. The maximum atomic E-state index is 12.6. The van der Waals surface area contributed by atoms with Crippen molar-refractivity contribution >= 4 is 11.8 Å². The Hall–Kier alpha value is -1.96. The van der Waals surface area contributed by atoms with Crippen LogP contribution in [-0.2, 0) is 23.2 Å². The Balaban J connectivity index is 1.37. The first-order valence-electron chi connectivity index (χ1n) is 9.71. The van der Waals surface area contributed by atoms with Crippen LogP contribution >= 0.6 is 0 Å². The Morgan fingerprint density at radius 3 is 2.35 bits per heavy atom. The third-order valence-electron chi connectivity index (χ3n) is 6.34. The van der Waals surface area contributed by atoms with Crippen molar-refractivity contribution in [2.45, 2.75) is 51.0 Å². The van der Waals surface area contributed by atoms with E-state index in [2.05, 4.69) is 19.7 Å². The van der Waals surface area contributed by atoms with Crippen molar-refractivity contribution in [3.05, 3.63) is 11.6 Å². The van der Waals surface area contributed by atoms with Crippen LogP contribution in [0.4, 0.5) is 0 Å². The molecular weight excluding hydrogens is 332 g/mol. The highest BCUT2D eigenvalue weighted by Gasteiger charge is 2.57. The van der Waals surface area contributed by atoms with E-state index in [0.717, 1.165) is 44.1 Å². The predicted octanol–water partition coefficient (Wildman–Crippen LogP) is 0.382. The molecule has 2 aliphatic heterocycles. The maximum absolute atomic E-state index is 12.6. The van der Waals surface area contributed by atoms with Crippen LogP contribution in [0.1, 0.15) is 56.1 Å². The topological polar surface area (TPSA) is 97.3 Å². The van der Waals surface area contributed by atoms with Gasteiger partial charge in [-0.05, 0) is 51.6 Å². The SMILES string of the molecule is Cn1c(CN2CCCC2)nnc1C1CCN(C(=O)C2(C(N)=O)CC2)CC1. The molecule has 26 heavy (non-hydrogen) atoms. The molecule has 1 aromatic rings. The minimum Gasteiger partial charge on any atom is -0.369 e. The Labute approximate surface area is 153 Å². The van der Waals surface area contributed by atoms with E-state index in [-0.39, 0.29) is 5.91 Å². The number of primary amides is 1. The number of piperidine rings is 1. The zero-order valence-electron chi connectivity index (χ0n) is 15.5. The molecule has 2 amide bonds. The number of hydrogen-bond donors (Lipinski definition) is 1. The van der Waals surface area contributed by atoms with Gasteiger partial charge in [-0.25, -0.2) is 0 Å². The van der Waals surface area contributed by atoms with Gasteiger partial charge in [0.25, 0.3) is 0 Å². The van der Waals surface area contributed by atoms with Crippen LogP contribution < -0.4 is 5.73 Å².